The Morgan fingerprint density at radius 1 is 1.13 bits per heavy atom. The Balaban J connectivity index is 1.69. The number of likely N-dealkylation sites (N-methyl/N-ethyl adjacent to an activating group) is 1. The monoisotopic (exact) mass is 311 g/mol. The van der Waals surface area contributed by atoms with E-state index >= 15 is 0 Å². The molecule has 1 atom stereocenters. The number of rotatable bonds is 3. The van der Waals surface area contributed by atoms with E-state index in [-0.39, 0.29) is 12.0 Å². The Bertz CT molecular complexity index is 726. The van der Waals surface area contributed by atoms with E-state index in [2.05, 4.69) is 0 Å². The molecule has 0 bridgehead atoms. The van der Waals surface area contributed by atoms with Gasteiger partial charge in [-0.1, -0.05) is 24.3 Å². The van der Waals surface area contributed by atoms with E-state index in [9.17, 15) is 4.79 Å². The predicted octanol–water partition coefficient (Wildman–Crippen LogP) is 3.22. The van der Waals surface area contributed by atoms with Crippen LogP contribution in [0.15, 0.2) is 42.5 Å². The first-order valence-corrected chi connectivity index (χ1v) is 7.76. The molecule has 0 N–H and O–H groups in total. The first kappa shape index (κ1) is 15.4. The average Bonchev–Trinajstić information content (AvgIpc) is 2.56. The highest BCUT2D eigenvalue weighted by atomic mass is 16.6. The third-order valence-corrected chi connectivity index (χ3v) is 4.23. The molecule has 120 valence electrons. The van der Waals surface area contributed by atoms with Crippen LogP contribution < -0.4 is 9.47 Å². The highest BCUT2D eigenvalue weighted by molar-refractivity contribution is 5.95. The van der Waals surface area contributed by atoms with Crippen LogP contribution in [0.3, 0.4) is 0 Å². The fourth-order valence-electron chi connectivity index (χ4n) is 2.73. The summed E-state index contributed by atoms with van der Waals surface area (Å²) < 4.78 is 11.6. The summed E-state index contributed by atoms with van der Waals surface area (Å²) in [6.07, 6.45) is -0.163. The summed E-state index contributed by atoms with van der Waals surface area (Å²) in [7, 11) is 1.80. The van der Waals surface area contributed by atoms with E-state index in [1.807, 2.05) is 56.3 Å². The van der Waals surface area contributed by atoms with Crippen LogP contribution in [0.5, 0.6) is 11.5 Å². The molecule has 1 heterocycles. The number of nitrogens with zero attached hydrogens (tertiary/aromatic N) is 1. The molecule has 1 amide bonds. The van der Waals surface area contributed by atoms with Crippen molar-refractivity contribution >= 4 is 5.91 Å². The zero-order chi connectivity index (χ0) is 16.4. The molecular weight excluding hydrogens is 290 g/mol. The van der Waals surface area contributed by atoms with Crippen LogP contribution in [-0.4, -0.2) is 37.1 Å². The van der Waals surface area contributed by atoms with Crippen molar-refractivity contribution in [3.63, 3.8) is 0 Å². The van der Waals surface area contributed by atoms with E-state index in [0.29, 0.717) is 13.2 Å². The van der Waals surface area contributed by atoms with Gasteiger partial charge in [0, 0.05) is 12.6 Å². The van der Waals surface area contributed by atoms with Gasteiger partial charge >= 0.3 is 0 Å². The maximum atomic E-state index is 12.7. The minimum atomic E-state index is -0.163. The molecule has 23 heavy (non-hydrogen) atoms. The van der Waals surface area contributed by atoms with Gasteiger partial charge in [0.15, 0.2) is 17.6 Å². The number of amides is 1. The van der Waals surface area contributed by atoms with Crippen molar-refractivity contribution in [3.05, 3.63) is 59.2 Å². The molecule has 0 radical (unpaired) electrons. The number of para-hydroxylation sites is 2. The van der Waals surface area contributed by atoms with Crippen LogP contribution in [0.25, 0.3) is 0 Å². The first-order valence-electron chi connectivity index (χ1n) is 7.76. The standard InChI is InChI=1S/C19H21NO3/c1-13-7-6-8-16(14(13)2)19(21)20(3)11-15-12-22-17-9-4-5-10-18(17)23-15/h4-10,15H,11-12H2,1-3H3/t15-/m1/s1. The van der Waals surface area contributed by atoms with Crippen molar-refractivity contribution in [2.45, 2.75) is 20.0 Å². The molecule has 0 aromatic heterocycles. The van der Waals surface area contributed by atoms with E-state index in [4.69, 9.17) is 9.47 Å². The predicted molar refractivity (Wildman–Crippen MR) is 89.2 cm³/mol. The Kier molecular flexibility index (Phi) is 4.24. The van der Waals surface area contributed by atoms with Crippen LogP contribution in [0.4, 0.5) is 0 Å². The van der Waals surface area contributed by atoms with Gasteiger partial charge < -0.3 is 14.4 Å². The van der Waals surface area contributed by atoms with Crippen LogP contribution in [0.1, 0.15) is 21.5 Å². The maximum absolute atomic E-state index is 12.7. The maximum Gasteiger partial charge on any atom is 0.254 e. The minimum absolute atomic E-state index is 0.00802. The zero-order valence-electron chi connectivity index (χ0n) is 13.7. The molecule has 2 aromatic rings. The number of carbonyl (C=O) groups excluding carboxylic acids is 1. The second-order valence-corrected chi connectivity index (χ2v) is 5.93. The topological polar surface area (TPSA) is 38.8 Å². The van der Waals surface area contributed by atoms with Crippen molar-refractivity contribution in [1.29, 1.82) is 0 Å². The number of hydrogen-bond donors (Lipinski definition) is 0. The Hall–Kier alpha value is -2.49. The number of carbonyl (C=O) groups is 1. The van der Waals surface area contributed by atoms with Gasteiger partial charge in [0.1, 0.15) is 6.61 Å². The van der Waals surface area contributed by atoms with Gasteiger partial charge in [-0.2, -0.15) is 0 Å². The SMILES string of the molecule is Cc1cccc(C(=O)N(C)C[C@@H]2COc3ccccc3O2)c1C. The number of hydrogen-bond acceptors (Lipinski definition) is 3. The molecule has 0 fully saturated rings. The van der Waals surface area contributed by atoms with E-state index in [1.54, 1.807) is 11.9 Å². The van der Waals surface area contributed by atoms with Gasteiger partial charge in [0.25, 0.3) is 5.91 Å². The van der Waals surface area contributed by atoms with Crippen molar-refractivity contribution in [3.8, 4) is 11.5 Å². The van der Waals surface area contributed by atoms with Gasteiger partial charge in [-0.05, 0) is 43.2 Å². The number of ether oxygens (including phenoxy) is 2. The smallest absolute Gasteiger partial charge is 0.254 e. The van der Waals surface area contributed by atoms with Gasteiger partial charge in [-0.3, -0.25) is 4.79 Å². The second kappa shape index (κ2) is 6.32. The van der Waals surface area contributed by atoms with E-state index in [1.165, 1.54) is 0 Å². The van der Waals surface area contributed by atoms with Gasteiger partial charge in [0.2, 0.25) is 0 Å². The molecule has 1 aliphatic rings. The largest absolute Gasteiger partial charge is 0.486 e. The number of benzene rings is 2. The summed E-state index contributed by atoms with van der Waals surface area (Å²) in [5.74, 6) is 1.50. The van der Waals surface area contributed by atoms with Crippen molar-refractivity contribution in [2.24, 2.45) is 0 Å². The van der Waals surface area contributed by atoms with Crippen LogP contribution in [0, 0.1) is 13.8 Å². The molecule has 4 heteroatoms. The minimum Gasteiger partial charge on any atom is -0.486 e. The highest BCUT2D eigenvalue weighted by Crippen LogP contribution is 2.31. The van der Waals surface area contributed by atoms with Gasteiger partial charge in [0.05, 0.1) is 6.54 Å². The number of aryl methyl sites for hydroxylation is 1. The molecule has 0 unspecified atom stereocenters. The molecule has 1 aliphatic heterocycles. The summed E-state index contributed by atoms with van der Waals surface area (Å²) in [5.41, 5.74) is 2.88. The van der Waals surface area contributed by atoms with Crippen LogP contribution >= 0.6 is 0 Å². The van der Waals surface area contributed by atoms with E-state index < -0.39 is 0 Å². The summed E-state index contributed by atoms with van der Waals surface area (Å²) in [4.78, 5) is 14.4. The lowest BCUT2D eigenvalue weighted by Crippen LogP contribution is -2.42. The van der Waals surface area contributed by atoms with Crippen molar-refractivity contribution in [1.82, 2.24) is 4.90 Å². The first-order chi connectivity index (χ1) is 11.1. The molecular formula is C19H21NO3. The summed E-state index contributed by atoms with van der Waals surface area (Å²) in [6, 6.07) is 13.4. The van der Waals surface area contributed by atoms with Gasteiger partial charge in [-0.25, -0.2) is 0 Å². The molecule has 0 spiro atoms. The Morgan fingerprint density at radius 3 is 2.65 bits per heavy atom. The second-order valence-electron chi connectivity index (χ2n) is 5.93. The molecule has 2 aromatic carbocycles. The lowest BCUT2D eigenvalue weighted by Gasteiger charge is -2.30. The van der Waals surface area contributed by atoms with Crippen LogP contribution in [-0.2, 0) is 0 Å². The Morgan fingerprint density at radius 2 is 1.87 bits per heavy atom. The normalized spacial score (nSPS) is 16.0. The summed E-state index contributed by atoms with van der Waals surface area (Å²) >= 11 is 0. The van der Waals surface area contributed by atoms with E-state index in [0.717, 1.165) is 28.2 Å². The quantitative estimate of drug-likeness (QED) is 0.873. The average molecular weight is 311 g/mol. The zero-order valence-corrected chi connectivity index (χ0v) is 13.7. The summed E-state index contributed by atoms with van der Waals surface area (Å²) in [6.45, 7) is 4.93. The summed E-state index contributed by atoms with van der Waals surface area (Å²) in [5, 5.41) is 0. The lowest BCUT2D eigenvalue weighted by atomic mass is 10.0. The molecule has 0 saturated carbocycles. The van der Waals surface area contributed by atoms with Gasteiger partial charge in [-0.15, -0.1) is 0 Å². The fourth-order valence-corrected chi connectivity index (χ4v) is 2.73. The highest BCUT2D eigenvalue weighted by Gasteiger charge is 2.24. The third-order valence-electron chi connectivity index (χ3n) is 4.23. The molecule has 0 aliphatic carbocycles. The third kappa shape index (κ3) is 3.16. The number of fused-ring (bicyclic) bond motifs is 1. The molecule has 3 rings (SSSR count). The Labute approximate surface area is 136 Å². The molecule has 0 saturated heterocycles. The lowest BCUT2D eigenvalue weighted by molar-refractivity contribution is 0.0520. The van der Waals surface area contributed by atoms with Crippen molar-refractivity contribution < 1.29 is 14.3 Å². The van der Waals surface area contributed by atoms with Crippen molar-refractivity contribution in [2.75, 3.05) is 20.2 Å². The van der Waals surface area contributed by atoms with Crippen LogP contribution in [0.2, 0.25) is 0 Å². The molecule has 4 nitrogen and oxygen atoms in total. The fraction of sp³-hybridized carbons (Fsp3) is 0.316.